The van der Waals surface area contributed by atoms with Gasteiger partial charge in [-0.2, -0.15) is 0 Å². The molecule has 4 heteroatoms. The molecule has 2 rings (SSSR count). The second kappa shape index (κ2) is 4.37. The molecule has 1 aliphatic rings. The lowest BCUT2D eigenvalue weighted by Gasteiger charge is -2.13. The van der Waals surface area contributed by atoms with Gasteiger partial charge in [-0.15, -0.1) is 0 Å². The van der Waals surface area contributed by atoms with E-state index in [0.29, 0.717) is 16.7 Å². The fourth-order valence-electron chi connectivity index (χ4n) is 1.75. The molecule has 4 nitrogen and oxygen atoms in total. The summed E-state index contributed by atoms with van der Waals surface area (Å²) in [5.41, 5.74) is 5.19. The largest absolute Gasteiger partial charge is 0.351 e. The predicted octanol–water partition coefficient (Wildman–Crippen LogP) is 1.81. The number of hydrogen-bond donors (Lipinski definition) is 3. The average Bonchev–Trinajstić information content (AvgIpc) is 3.05. The molecule has 1 saturated carbocycles. The molecule has 0 radical (unpaired) electrons. The van der Waals surface area contributed by atoms with Gasteiger partial charge in [0.05, 0.1) is 11.3 Å². The summed E-state index contributed by atoms with van der Waals surface area (Å²) in [6.45, 7) is 4.88. The van der Waals surface area contributed by atoms with Crippen molar-refractivity contribution in [2.75, 3.05) is 12.0 Å². The third kappa shape index (κ3) is 2.77. The van der Waals surface area contributed by atoms with Crippen molar-refractivity contribution in [3.63, 3.8) is 0 Å². The van der Waals surface area contributed by atoms with E-state index in [1.807, 2.05) is 25.1 Å². The van der Waals surface area contributed by atoms with Crippen LogP contribution in [-0.2, 0) is 0 Å². The van der Waals surface area contributed by atoms with E-state index >= 15 is 0 Å². The molecule has 0 aliphatic heterocycles. The van der Waals surface area contributed by atoms with Crippen molar-refractivity contribution in [3.05, 3.63) is 29.3 Å². The lowest BCUT2D eigenvalue weighted by molar-refractivity contribution is 0.0947. The molecule has 0 aromatic heterocycles. The maximum absolute atomic E-state index is 12.0. The molecule has 1 aliphatic carbocycles. The first-order valence-corrected chi connectivity index (χ1v) is 5.90. The second-order valence-electron chi connectivity index (χ2n) is 5.19. The van der Waals surface area contributed by atoms with Crippen LogP contribution in [0.4, 0.5) is 5.69 Å². The number of aryl methyl sites for hydroxylation is 1. The van der Waals surface area contributed by atoms with Gasteiger partial charge in [0, 0.05) is 6.54 Å². The second-order valence-corrected chi connectivity index (χ2v) is 5.19. The van der Waals surface area contributed by atoms with E-state index in [-0.39, 0.29) is 5.91 Å². The highest BCUT2D eigenvalue weighted by atomic mass is 16.1. The Bertz CT molecular complexity index is 438. The molecular formula is C13H19N3O. The van der Waals surface area contributed by atoms with Gasteiger partial charge in [-0.1, -0.05) is 18.6 Å². The monoisotopic (exact) mass is 233 g/mol. The van der Waals surface area contributed by atoms with Crippen LogP contribution in [0.15, 0.2) is 18.2 Å². The summed E-state index contributed by atoms with van der Waals surface area (Å²) in [6.07, 6.45) is 2.40. The van der Waals surface area contributed by atoms with Gasteiger partial charge >= 0.3 is 0 Å². The number of benzene rings is 1. The highest BCUT2D eigenvalue weighted by molar-refractivity contribution is 5.99. The highest BCUT2D eigenvalue weighted by Crippen LogP contribution is 2.44. The van der Waals surface area contributed by atoms with E-state index < -0.39 is 0 Å². The van der Waals surface area contributed by atoms with Crippen molar-refractivity contribution >= 4 is 11.6 Å². The van der Waals surface area contributed by atoms with E-state index in [1.165, 1.54) is 12.8 Å². The zero-order valence-corrected chi connectivity index (χ0v) is 10.3. The molecule has 4 N–H and O–H groups in total. The van der Waals surface area contributed by atoms with Crippen molar-refractivity contribution < 1.29 is 4.79 Å². The minimum absolute atomic E-state index is 0.0604. The zero-order chi connectivity index (χ0) is 12.5. The van der Waals surface area contributed by atoms with Crippen molar-refractivity contribution in [3.8, 4) is 0 Å². The normalized spacial score (nSPS) is 16.4. The molecule has 0 bridgehead atoms. The molecule has 1 aromatic carbocycles. The molecule has 92 valence electrons. The molecular weight excluding hydrogens is 214 g/mol. The van der Waals surface area contributed by atoms with Crippen LogP contribution < -0.4 is 16.6 Å². The Balaban J connectivity index is 2.09. The zero-order valence-electron chi connectivity index (χ0n) is 10.3. The number of anilines is 1. The van der Waals surface area contributed by atoms with Crippen LogP contribution in [-0.4, -0.2) is 12.5 Å². The Kier molecular flexibility index (Phi) is 3.07. The first-order chi connectivity index (χ1) is 8.04. The maximum atomic E-state index is 12.0. The van der Waals surface area contributed by atoms with Gasteiger partial charge in [0.25, 0.3) is 5.91 Å². The van der Waals surface area contributed by atoms with E-state index in [2.05, 4.69) is 17.7 Å². The number of carbonyl (C=O) groups excluding carboxylic acids is 1. The van der Waals surface area contributed by atoms with Gasteiger partial charge in [-0.3, -0.25) is 10.6 Å². The van der Waals surface area contributed by atoms with Gasteiger partial charge < -0.3 is 10.7 Å². The third-order valence-electron chi connectivity index (χ3n) is 3.35. The Morgan fingerprint density at radius 3 is 2.76 bits per heavy atom. The quantitative estimate of drug-likeness (QED) is 0.549. The Morgan fingerprint density at radius 2 is 2.18 bits per heavy atom. The summed E-state index contributed by atoms with van der Waals surface area (Å²) >= 11 is 0. The number of nitrogens with one attached hydrogen (secondary N) is 2. The van der Waals surface area contributed by atoms with Crippen LogP contribution in [0.5, 0.6) is 0 Å². The number of hydrazine groups is 1. The van der Waals surface area contributed by atoms with E-state index in [0.717, 1.165) is 12.1 Å². The summed E-state index contributed by atoms with van der Waals surface area (Å²) in [4.78, 5) is 12.0. The molecule has 0 spiro atoms. The summed E-state index contributed by atoms with van der Waals surface area (Å²) < 4.78 is 0. The van der Waals surface area contributed by atoms with Crippen molar-refractivity contribution in [2.45, 2.75) is 26.7 Å². The minimum atomic E-state index is -0.0604. The van der Waals surface area contributed by atoms with Crippen molar-refractivity contribution in [1.29, 1.82) is 0 Å². The molecule has 0 unspecified atom stereocenters. The number of carbonyl (C=O) groups is 1. The van der Waals surface area contributed by atoms with Gasteiger partial charge in [-0.25, -0.2) is 0 Å². The van der Waals surface area contributed by atoms with Crippen molar-refractivity contribution in [2.24, 2.45) is 11.3 Å². The van der Waals surface area contributed by atoms with Crippen LogP contribution >= 0.6 is 0 Å². The van der Waals surface area contributed by atoms with Crippen LogP contribution in [0.3, 0.4) is 0 Å². The molecule has 0 atom stereocenters. The molecule has 0 saturated heterocycles. The fraction of sp³-hybridized carbons (Fsp3) is 0.462. The van der Waals surface area contributed by atoms with Gasteiger partial charge in [0.15, 0.2) is 0 Å². The summed E-state index contributed by atoms with van der Waals surface area (Å²) in [5.74, 6) is 5.34. The Hall–Kier alpha value is -1.55. The lowest BCUT2D eigenvalue weighted by atomic mass is 10.1. The predicted molar refractivity (Wildman–Crippen MR) is 68.7 cm³/mol. The van der Waals surface area contributed by atoms with E-state index in [9.17, 15) is 4.79 Å². The first kappa shape index (κ1) is 11.9. The molecule has 0 heterocycles. The number of nitrogen functional groups attached to an aromatic ring is 1. The third-order valence-corrected chi connectivity index (χ3v) is 3.35. The number of rotatable bonds is 4. The Morgan fingerprint density at radius 1 is 1.47 bits per heavy atom. The van der Waals surface area contributed by atoms with Gasteiger partial charge in [0.1, 0.15) is 0 Å². The van der Waals surface area contributed by atoms with Gasteiger partial charge in [0.2, 0.25) is 0 Å². The SMILES string of the molecule is Cc1ccc(NN)c(C(=O)NCC2(C)CC2)c1. The molecule has 1 fully saturated rings. The summed E-state index contributed by atoms with van der Waals surface area (Å²) in [6, 6.07) is 5.59. The average molecular weight is 233 g/mol. The van der Waals surface area contributed by atoms with Crippen LogP contribution in [0.2, 0.25) is 0 Å². The van der Waals surface area contributed by atoms with Crippen LogP contribution in [0.25, 0.3) is 0 Å². The summed E-state index contributed by atoms with van der Waals surface area (Å²) in [5, 5.41) is 2.97. The standard InChI is InChI=1S/C13H19N3O/c1-9-3-4-11(16-14)10(7-9)12(17)15-8-13(2)5-6-13/h3-4,7,16H,5-6,8,14H2,1-2H3,(H,15,17). The number of amides is 1. The van der Waals surface area contributed by atoms with E-state index in [4.69, 9.17) is 5.84 Å². The molecule has 1 aromatic rings. The van der Waals surface area contributed by atoms with Crippen LogP contribution in [0.1, 0.15) is 35.7 Å². The smallest absolute Gasteiger partial charge is 0.253 e. The minimum Gasteiger partial charge on any atom is -0.351 e. The van der Waals surface area contributed by atoms with Crippen LogP contribution in [0, 0.1) is 12.3 Å². The first-order valence-electron chi connectivity index (χ1n) is 5.90. The molecule has 17 heavy (non-hydrogen) atoms. The number of nitrogens with two attached hydrogens (primary N) is 1. The topological polar surface area (TPSA) is 67.1 Å². The van der Waals surface area contributed by atoms with E-state index in [1.54, 1.807) is 0 Å². The molecule has 1 amide bonds. The maximum Gasteiger partial charge on any atom is 0.253 e. The Labute approximate surface area is 102 Å². The number of hydrogen-bond acceptors (Lipinski definition) is 3. The van der Waals surface area contributed by atoms with Gasteiger partial charge in [-0.05, 0) is 37.3 Å². The lowest BCUT2D eigenvalue weighted by Crippen LogP contribution is -2.30. The van der Waals surface area contributed by atoms with Crippen molar-refractivity contribution in [1.82, 2.24) is 5.32 Å². The fourth-order valence-corrected chi connectivity index (χ4v) is 1.75. The summed E-state index contributed by atoms with van der Waals surface area (Å²) in [7, 11) is 0. The highest BCUT2D eigenvalue weighted by Gasteiger charge is 2.37.